The molecule has 2 N–H and O–H groups in total. The van der Waals surface area contributed by atoms with Crippen molar-refractivity contribution < 1.29 is 34.9 Å². The molecular weight excluding hydrogens is 413 g/mol. The molecule has 0 spiro atoms. The van der Waals surface area contributed by atoms with E-state index in [1.165, 1.54) is 0 Å². The predicted octanol–water partition coefficient (Wildman–Crippen LogP) is 0.622. The molecule has 1 fully saturated rings. The molecule has 21 heavy (non-hydrogen) atoms. The Bertz CT molecular complexity index is 124. The predicted molar refractivity (Wildman–Crippen MR) is 80.7 cm³/mol. The van der Waals surface area contributed by atoms with Gasteiger partial charge in [-0.1, -0.05) is 0 Å². The minimum absolute atomic E-state index is 0.106. The van der Waals surface area contributed by atoms with Gasteiger partial charge in [-0.2, -0.15) is 0 Å². The molecule has 0 bridgehead atoms. The summed E-state index contributed by atoms with van der Waals surface area (Å²) in [5, 5.41) is 6.50. The van der Waals surface area contributed by atoms with Gasteiger partial charge in [-0.25, -0.2) is 0 Å². The Balaban J connectivity index is 0.00000122. The van der Waals surface area contributed by atoms with E-state index in [1.807, 2.05) is 0 Å². The maximum absolute atomic E-state index is 5.41. The van der Waals surface area contributed by atoms with Gasteiger partial charge < -0.3 is 29.6 Å². The zero-order chi connectivity index (χ0) is 15.4. The Morgan fingerprint density at radius 1 is 0.524 bits per heavy atom. The molecule has 0 aliphatic carbocycles. The Morgan fingerprint density at radius 3 is 1.00 bits per heavy atom. The number of rotatable bonds is 0. The van der Waals surface area contributed by atoms with Gasteiger partial charge >= 0.3 is 35.0 Å². The molecule has 0 aromatic rings. The fourth-order valence-electron chi connectivity index (χ4n) is 1.47. The van der Waals surface area contributed by atoms with Gasteiger partial charge in [0, 0.05) is 26.2 Å². The average molecular weight is 440 g/mol. The van der Waals surface area contributed by atoms with Crippen molar-refractivity contribution in [2.75, 3.05) is 79.0 Å². The first-order chi connectivity index (χ1) is 10.4. The van der Waals surface area contributed by atoms with E-state index in [1.54, 1.807) is 0 Å². The Morgan fingerprint density at radius 2 is 0.762 bits per heavy atom. The number of hydrogen-bond donors (Lipinski definition) is 2. The van der Waals surface area contributed by atoms with Gasteiger partial charge in [0.15, 0.2) is 0 Å². The topological polar surface area (TPSA) is 61.0 Å². The van der Waals surface area contributed by atoms with Crippen LogP contribution in [0.4, 0.5) is 0 Å². The van der Waals surface area contributed by atoms with E-state index in [4.69, 9.17) is 38.0 Å². The second-order valence-corrected chi connectivity index (χ2v) is 6.35. The summed E-state index contributed by atoms with van der Waals surface area (Å²) in [6.07, 6.45) is 0. The molecule has 1 rings (SSSR count). The Hall–Kier alpha value is 1.00. The van der Waals surface area contributed by atoms with Gasteiger partial charge in [0.05, 0.1) is 52.9 Å². The van der Waals surface area contributed by atoms with Crippen molar-refractivity contribution in [2.45, 2.75) is 0 Å². The van der Waals surface area contributed by atoms with Gasteiger partial charge in [0.25, 0.3) is 0 Å². The van der Waals surface area contributed by atoms with Crippen molar-refractivity contribution in [1.29, 1.82) is 0 Å². The first-order valence-electron chi connectivity index (χ1n) is 6.96. The van der Waals surface area contributed by atoms with E-state index in [0.717, 1.165) is 26.2 Å². The molecule has 1 aliphatic rings. The summed E-state index contributed by atoms with van der Waals surface area (Å²) in [6.45, 7) is 8.86. The van der Waals surface area contributed by atoms with Crippen molar-refractivity contribution in [3.05, 3.63) is 0 Å². The molecule has 1 heterocycles. The first kappa shape index (κ1) is 22.0. The normalized spacial score (nSPS) is 21.6. The molecule has 0 aromatic carbocycles. The SMILES string of the molecule is C1COCCOCCNCCOCCOCCN1.[Cl][Pd][Cl]. The van der Waals surface area contributed by atoms with Crippen LogP contribution in [0.15, 0.2) is 0 Å². The van der Waals surface area contributed by atoms with Gasteiger partial charge in [-0.05, 0) is 0 Å². The molecule has 1 aliphatic heterocycles. The number of hydrogen-bond acceptors (Lipinski definition) is 6. The van der Waals surface area contributed by atoms with Crippen LogP contribution in [0.5, 0.6) is 0 Å². The van der Waals surface area contributed by atoms with E-state index < -0.39 is 0 Å². The van der Waals surface area contributed by atoms with E-state index in [2.05, 4.69) is 10.6 Å². The van der Waals surface area contributed by atoms with Crippen LogP contribution in [0.1, 0.15) is 0 Å². The van der Waals surface area contributed by atoms with Crippen LogP contribution >= 0.6 is 19.1 Å². The molecule has 6 nitrogen and oxygen atoms in total. The Kier molecular flexibility index (Phi) is 22.0. The van der Waals surface area contributed by atoms with Crippen LogP contribution < -0.4 is 10.6 Å². The molecule has 0 aromatic heterocycles. The molecule has 0 unspecified atom stereocenters. The average Bonchev–Trinajstić information content (AvgIpc) is 2.48. The molecular formula is C12H26Cl2N2O4Pd. The van der Waals surface area contributed by atoms with Crippen LogP contribution in [0.25, 0.3) is 0 Å². The van der Waals surface area contributed by atoms with Crippen molar-refractivity contribution in [1.82, 2.24) is 10.6 Å². The van der Waals surface area contributed by atoms with Crippen molar-refractivity contribution in [3.63, 3.8) is 0 Å². The second-order valence-electron chi connectivity index (χ2n) is 3.99. The van der Waals surface area contributed by atoms with E-state index in [0.29, 0.717) is 52.9 Å². The summed E-state index contributed by atoms with van der Waals surface area (Å²) in [4.78, 5) is 0. The third-order valence-electron chi connectivity index (χ3n) is 2.44. The van der Waals surface area contributed by atoms with Crippen LogP contribution in [-0.4, -0.2) is 79.0 Å². The van der Waals surface area contributed by atoms with Crippen molar-refractivity contribution >= 4 is 19.1 Å². The number of halogens is 2. The third kappa shape index (κ3) is 21.0. The summed E-state index contributed by atoms with van der Waals surface area (Å²) >= 11 is -0.106. The van der Waals surface area contributed by atoms with Crippen LogP contribution in [0.3, 0.4) is 0 Å². The second kappa shape index (κ2) is 21.0. The first-order valence-corrected chi connectivity index (χ1v) is 11.0. The van der Waals surface area contributed by atoms with Gasteiger partial charge in [-0.3, -0.25) is 0 Å². The molecule has 0 atom stereocenters. The number of nitrogens with one attached hydrogen (secondary N) is 2. The molecule has 1 saturated heterocycles. The van der Waals surface area contributed by atoms with Gasteiger partial charge in [-0.15, -0.1) is 0 Å². The summed E-state index contributed by atoms with van der Waals surface area (Å²) in [6, 6.07) is 0. The summed E-state index contributed by atoms with van der Waals surface area (Å²) < 4.78 is 21.6. The monoisotopic (exact) mass is 438 g/mol. The Labute approximate surface area is 143 Å². The van der Waals surface area contributed by atoms with Crippen molar-refractivity contribution in [2.24, 2.45) is 0 Å². The standard InChI is InChI=1S/C12H26N2O4.2ClH.Pd/c1-5-15-9-10-17-7-3-14-4-8-18-12-11-16-6-2-13-1;;;/h13-14H,1-12H2;2*1H;/q;;;+2/p-2. The maximum atomic E-state index is 5.41. The summed E-state index contributed by atoms with van der Waals surface area (Å²) in [5.74, 6) is 0. The van der Waals surface area contributed by atoms with Crippen LogP contribution in [-0.2, 0) is 34.9 Å². The molecule has 132 valence electrons. The van der Waals surface area contributed by atoms with Crippen LogP contribution in [0.2, 0.25) is 0 Å². The van der Waals surface area contributed by atoms with E-state index in [9.17, 15) is 0 Å². The van der Waals surface area contributed by atoms with Crippen molar-refractivity contribution in [3.8, 4) is 0 Å². The zero-order valence-electron chi connectivity index (χ0n) is 12.2. The fourth-order valence-corrected chi connectivity index (χ4v) is 1.47. The van der Waals surface area contributed by atoms with Crippen LogP contribution in [0, 0.1) is 0 Å². The fraction of sp³-hybridized carbons (Fsp3) is 1.00. The minimum atomic E-state index is -0.106. The molecule has 9 heteroatoms. The molecule has 0 amide bonds. The third-order valence-corrected chi connectivity index (χ3v) is 2.44. The van der Waals surface area contributed by atoms with E-state index >= 15 is 0 Å². The van der Waals surface area contributed by atoms with Gasteiger partial charge in [0.2, 0.25) is 0 Å². The molecule has 0 saturated carbocycles. The zero-order valence-corrected chi connectivity index (χ0v) is 15.3. The van der Waals surface area contributed by atoms with Gasteiger partial charge in [0.1, 0.15) is 0 Å². The molecule has 0 radical (unpaired) electrons. The van der Waals surface area contributed by atoms with E-state index in [-0.39, 0.29) is 15.9 Å². The summed E-state index contributed by atoms with van der Waals surface area (Å²) in [5.41, 5.74) is 0. The number of ether oxygens (including phenoxy) is 4. The quantitative estimate of drug-likeness (QED) is 0.540. The summed E-state index contributed by atoms with van der Waals surface area (Å²) in [7, 11) is 9.63.